The molecule has 2 aromatic rings. The molecule has 0 radical (unpaired) electrons. The molecule has 2 heterocycles. The van der Waals surface area contributed by atoms with Crippen LogP contribution in [0.5, 0.6) is 10.9 Å². The van der Waals surface area contributed by atoms with Gasteiger partial charge in [-0.15, -0.1) is 0 Å². The van der Waals surface area contributed by atoms with Crippen LogP contribution in [0.4, 0.5) is 4.79 Å². The van der Waals surface area contributed by atoms with Crippen molar-refractivity contribution in [1.82, 2.24) is 15.2 Å². The van der Waals surface area contributed by atoms with Gasteiger partial charge in [-0.1, -0.05) is 11.3 Å². The van der Waals surface area contributed by atoms with Gasteiger partial charge in [0.2, 0.25) is 0 Å². The minimum absolute atomic E-state index is 0.00975. The van der Waals surface area contributed by atoms with Crippen molar-refractivity contribution in [3.05, 3.63) is 18.2 Å². The number of hydrogen-bond donors (Lipinski definition) is 1. The molecule has 0 bridgehead atoms. The molecule has 1 aliphatic heterocycles. The van der Waals surface area contributed by atoms with Gasteiger partial charge in [0, 0.05) is 32.0 Å². The average Bonchev–Trinajstić information content (AvgIpc) is 2.96. The fourth-order valence-corrected chi connectivity index (χ4v) is 3.63. The third-order valence-corrected chi connectivity index (χ3v) is 4.89. The molecule has 24 heavy (non-hydrogen) atoms. The first-order valence-electron chi connectivity index (χ1n) is 8.22. The summed E-state index contributed by atoms with van der Waals surface area (Å²) >= 11 is 1.53. The van der Waals surface area contributed by atoms with Crippen molar-refractivity contribution in [3.63, 3.8) is 0 Å². The van der Waals surface area contributed by atoms with Gasteiger partial charge >= 0.3 is 6.03 Å². The average molecular weight is 349 g/mol. The van der Waals surface area contributed by atoms with Crippen LogP contribution in [-0.4, -0.2) is 48.3 Å². The molecule has 1 aliphatic rings. The van der Waals surface area contributed by atoms with Gasteiger partial charge in [0.05, 0.1) is 17.3 Å². The van der Waals surface area contributed by atoms with E-state index in [4.69, 9.17) is 9.47 Å². The smallest absolute Gasteiger partial charge is 0.317 e. The number of piperidine rings is 1. The van der Waals surface area contributed by atoms with Gasteiger partial charge in [-0.05, 0) is 32.0 Å². The van der Waals surface area contributed by atoms with Crippen LogP contribution in [0, 0.1) is 0 Å². The Balaban J connectivity index is 1.57. The lowest BCUT2D eigenvalue weighted by atomic mass is 10.1. The number of nitrogens with zero attached hydrogens (tertiary/aromatic N) is 2. The Morgan fingerprint density at radius 2 is 2.12 bits per heavy atom. The first-order valence-corrected chi connectivity index (χ1v) is 9.03. The van der Waals surface area contributed by atoms with Gasteiger partial charge in [-0.3, -0.25) is 0 Å². The SMILES string of the molecule is COc1ccc2nc(OC3CCN(C(=O)NC(C)C)CC3)sc2c1. The maximum absolute atomic E-state index is 12.0. The lowest BCUT2D eigenvalue weighted by Crippen LogP contribution is -2.48. The van der Waals surface area contributed by atoms with E-state index in [0.717, 1.165) is 28.8 Å². The normalized spacial score (nSPS) is 15.8. The highest BCUT2D eigenvalue weighted by Gasteiger charge is 2.25. The number of rotatable bonds is 4. The summed E-state index contributed by atoms with van der Waals surface area (Å²) in [6, 6.07) is 5.98. The molecular formula is C17H23N3O3S. The van der Waals surface area contributed by atoms with Crippen molar-refractivity contribution in [2.24, 2.45) is 0 Å². The van der Waals surface area contributed by atoms with Gasteiger partial charge in [0.15, 0.2) is 0 Å². The predicted octanol–water partition coefficient (Wildman–Crippen LogP) is 3.27. The predicted molar refractivity (Wildman–Crippen MR) is 95.1 cm³/mol. The maximum Gasteiger partial charge on any atom is 0.317 e. The Bertz CT molecular complexity index is 708. The number of amides is 2. The van der Waals surface area contributed by atoms with Crippen molar-refractivity contribution < 1.29 is 14.3 Å². The Labute approximate surface area is 145 Å². The van der Waals surface area contributed by atoms with Gasteiger partial charge in [-0.2, -0.15) is 0 Å². The number of fused-ring (bicyclic) bond motifs is 1. The molecule has 3 rings (SSSR count). The van der Waals surface area contributed by atoms with Crippen molar-refractivity contribution >= 4 is 27.6 Å². The van der Waals surface area contributed by atoms with Crippen molar-refractivity contribution in [2.75, 3.05) is 20.2 Å². The van der Waals surface area contributed by atoms with E-state index in [-0.39, 0.29) is 18.2 Å². The summed E-state index contributed by atoms with van der Waals surface area (Å²) in [4.78, 5) is 18.4. The zero-order valence-corrected chi connectivity index (χ0v) is 15.1. The second kappa shape index (κ2) is 7.25. The van der Waals surface area contributed by atoms with E-state index in [1.54, 1.807) is 7.11 Å². The van der Waals surface area contributed by atoms with E-state index >= 15 is 0 Å². The quantitative estimate of drug-likeness (QED) is 0.920. The summed E-state index contributed by atoms with van der Waals surface area (Å²) < 4.78 is 12.3. The van der Waals surface area contributed by atoms with Crippen LogP contribution in [-0.2, 0) is 0 Å². The molecule has 130 valence electrons. The van der Waals surface area contributed by atoms with Crippen LogP contribution in [0.3, 0.4) is 0 Å². The molecule has 1 saturated heterocycles. The number of likely N-dealkylation sites (tertiary alicyclic amines) is 1. The first-order chi connectivity index (χ1) is 11.5. The van der Waals surface area contributed by atoms with Crippen LogP contribution in [0.1, 0.15) is 26.7 Å². The largest absolute Gasteiger partial charge is 0.497 e. The van der Waals surface area contributed by atoms with Crippen LogP contribution in [0.15, 0.2) is 18.2 Å². The number of benzene rings is 1. The van der Waals surface area contributed by atoms with E-state index in [1.165, 1.54) is 11.3 Å². The van der Waals surface area contributed by atoms with E-state index in [0.29, 0.717) is 18.3 Å². The van der Waals surface area contributed by atoms with E-state index in [2.05, 4.69) is 10.3 Å². The van der Waals surface area contributed by atoms with Gasteiger partial charge in [-0.25, -0.2) is 9.78 Å². The van der Waals surface area contributed by atoms with Gasteiger partial charge < -0.3 is 19.7 Å². The minimum atomic E-state index is 0.00975. The number of carbonyl (C=O) groups is 1. The first kappa shape index (κ1) is 16.8. The number of methoxy groups -OCH3 is 1. The Kier molecular flexibility index (Phi) is 5.08. The summed E-state index contributed by atoms with van der Waals surface area (Å²) in [5, 5.41) is 3.61. The summed E-state index contributed by atoms with van der Waals surface area (Å²) in [6.45, 7) is 5.36. The van der Waals surface area contributed by atoms with Crippen LogP contribution in [0.25, 0.3) is 10.2 Å². The molecule has 0 unspecified atom stereocenters. The van der Waals surface area contributed by atoms with E-state index < -0.39 is 0 Å². The fourth-order valence-electron chi connectivity index (χ4n) is 2.72. The third kappa shape index (κ3) is 3.90. The molecule has 2 amide bonds. The second-order valence-corrected chi connectivity index (χ2v) is 7.22. The Morgan fingerprint density at radius 1 is 1.38 bits per heavy atom. The monoisotopic (exact) mass is 349 g/mol. The molecule has 0 spiro atoms. The van der Waals surface area contributed by atoms with Crippen molar-refractivity contribution in [3.8, 4) is 10.9 Å². The molecule has 0 saturated carbocycles. The third-order valence-electron chi connectivity index (χ3n) is 3.98. The lowest BCUT2D eigenvalue weighted by Gasteiger charge is -2.32. The zero-order valence-electron chi connectivity index (χ0n) is 14.2. The number of ether oxygens (including phenoxy) is 2. The van der Waals surface area contributed by atoms with Crippen LogP contribution in [0.2, 0.25) is 0 Å². The number of nitrogens with one attached hydrogen (secondary N) is 1. The molecule has 6 nitrogen and oxygen atoms in total. The molecule has 0 atom stereocenters. The van der Waals surface area contributed by atoms with Gasteiger partial charge in [0.1, 0.15) is 11.9 Å². The number of aromatic nitrogens is 1. The number of carbonyl (C=O) groups excluding carboxylic acids is 1. The van der Waals surface area contributed by atoms with E-state index in [9.17, 15) is 4.79 Å². The highest BCUT2D eigenvalue weighted by molar-refractivity contribution is 7.20. The number of hydrogen-bond acceptors (Lipinski definition) is 5. The summed E-state index contributed by atoms with van der Waals surface area (Å²) in [6.07, 6.45) is 1.76. The minimum Gasteiger partial charge on any atom is -0.497 e. The van der Waals surface area contributed by atoms with Crippen LogP contribution >= 0.6 is 11.3 Å². The van der Waals surface area contributed by atoms with Crippen molar-refractivity contribution in [1.29, 1.82) is 0 Å². The second-order valence-electron chi connectivity index (χ2n) is 6.22. The molecule has 1 fully saturated rings. The molecule has 0 aliphatic carbocycles. The highest BCUT2D eigenvalue weighted by Crippen LogP contribution is 2.32. The Morgan fingerprint density at radius 3 is 2.79 bits per heavy atom. The summed E-state index contributed by atoms with van der Waals surface area (Å²) in [7, 11) is 1.66. The standard InChI is InChI=1S/C17H23N3O3S/c1-11(2)18-16(21)20-8-6-12(7-9-20)23-17-19-14-5-4-13(22-3)10-15(14)24-17/h4-5,10-12H,6-9H2,1-3H3,(H,18,21). The van der Waals surface area contributed by atoms with E-state index in [1.807, 2.05) is 36.9 Å². The number of urea groups is 1. The van der Waals surface area contributed by atoms with Crippen molar-refractivity contribution in [2.45, 2.75) is 38.8 Å². The molecule has 1 N–H and O–H groups in total. The Hall–Kier alpha value is -2.02. The maximum atomic E-state index is 12.0. The van der Waals surface area contributed by atoms with Crippen LogP contribution < -0.4 is 14.8 Å². The highest BCUT2D eigenvalue weighted by atomic mass is 32.1. The number of thiazole rings is 1. The molecular weight excluding hydrogens is 326 g/mol. The fraction of sp³-hybridized carbons (Fsp3) is 0.529. The summed E-state index contributed by atoms with van der Waals surface area (Å²) in [5.74, 6) is 0.821. The summed E-state index contributed by atoms with van der Waals surface area (Å²) in [5.41, 5.74) is 0.921. The lowest BCUT2D eigenvalue weighted by molar-refractivity contribution is 0.110. The molecule has 1 aromatic heterocycles. The van der Waals surface area contributed by atoms with Gasteiger partial charge in [0.25, 0.3) is 5.19 Å². The molecule has 1 aromatic carbocycles. The zero-order chi connectivity index (χ0) is 17.1. The molecule has 7 heteroatoms. The topological polar surface area (TPSA) is 63.7 Å².